The van der Waals surface area contributed by atoms with Crippen molar-refractivity contribution in [3.63, 3.8) is 0 Å². The SMILES string of the molecule is [2H]c1c(C)[n+](C)c(-c2ccccc2C)c2cc(C)ccc12. The zero-order chi connectivity index (χ0) is 15.1. The monoisotopic (exact) mass is 263 g/mol. The van der Waals surface area contributed by atoms with E-state index in [-0.39, 0.29) is 0 Å². The summed E-state index contributed by atoms with van der Waals surface area (Å²) in [5.41, 5.74) is 5.90. The van der Waals surface area contributed by atoms with Crippen LogP contribution in [0.4, 0.5) is 0 Å². The molecule has 2 aromatic carbocycles. The predicted octanol–water partition coefficient (Wildman–Crippen LogP) is 4.26. The molecule has 0 unspecified atom stereocenters. The molecule has 0 atom stereocenters. The third-order valence-electron chi connectivity index (χ3n) is 3.98. The number of rotatable bonds is 1. The average molecular weight is 263 g/mol. The van der Waals surface area contributed by atoms with Crippen LogP contribution in [0.5, 0.6) is 0 Å². The summed E-state index contributed by atoms with van der Waals surface area (Å²) in [4.78, 5) is 0. The normalized spacial score (nSPS) is 11.7. The third-order valence-corrected chi connectivity index (χ3v) is 3.98. The van der Waals surface area contributed by atoms with Crippen molar-refractivity contribution in [3.05, 3.63) is 65.3 Å². The van der Waals surface area contributed by atoms with Gasteiger partial charge in [0.2, 0.25) is 5.69 Å². The van der Waals surface area contributed by atoms with Crippen LogP contribution >= 0.6 is 0 Å². The largest absolute Gasteiger partial charge is 0.220 e. The summed E-state index contributed by atoms with van der Waals surface area (Å²) in [5.74, 6) is 0. The maximum Gasteiger partial charge on any atom is 0.220 e. The first-order valence-electron chi connectivity index (χ1n) is 7.46. The second-order valence-corrected chi connectivity index (χ2v) is 5.48. The van der Waals surface area contributed by atoms with Crippen molar-refractivity contribution in [2.24, 2.45) is 7.05 Å². The lowest BCUT2D eigenvalue weighted by Gasteiger charge is -2.10. The van der Waals surface area contributed by atoms with E-state index in [0.29, 0.717) is 6.04 Å². The lowest BCUT2D eigenvalue weighted by atomic mass is 9.98. The van der Waals surface area contributed by atoms with Gasteiger partial charge in [0, 0.05) is 18.5 Å². The maximum absolute atomic E-state index is 8.39. The van der Waals surface area contributed by atoms with Crippen molar-refractivity contribution >= 4 is 10.8 Å². The number of aromatic nitrogens is 1. The molecule has 0 aliphatic rings. The lowest BCUT2D eigenvalue weighted by Crippen LogP contribution is -2.35. The van der Waals surface area contributed by atoms with Crippen molar-refractivity contribution in [2.75, 3.05) is 0 Å². The molecular formula is C19H20N+. The molecule has 0 saturated heterocycles. The number of hydrogen-bond acceptors (Lipinski definition) is 0. The molecule has 1 heterocycles. The Bertz CT molecular complexity index is 850. The van der Waals surface area contributed by atoms with Gasteiger partial charge >= 0.3 is 0 Å². The summed E-state index contributed by atoms with van der Waals surface area (Å²) in [6.45, 7) is 6.26. The highest BCUT2D eigenvalue weighted by atomic mass is 14.9. The minimum atomic E-state index is 0.616. The molecule has 0 aliphatic heterocycles. The van der Waals surface area contributed by atoms with E-state index >= 15 is 0 Å². The molecule has 100 valence electrons. The van der Waals surface area contributed by atoms with Crippen LogP contribution < -0.4 is 4.57 Å². The lowest BCUT2D eigenvalue weighted by molar-refractivity contribution is -0.665. The van der Waals surface area contributed by atoms with E-state index in [9.17, 15) is 0 Å². The van der Waals surface area contributed by atoms with Gasteiger partial charge in [-0.1, -0.05) is 35.9 Å². The molecule has 0 spiro atoms. The number of fused-ring (bicyclic) bond motifs is 1. The fourth-order valence-electron chi connectivity index (χ4n) is 2.75. The summed E-state index contributed by atoms with van der Waals surface area (Å²) >= 11 is 0. The molecule has 0 bridgehead atoms. The maximum atomic E-state index is 8.39. The van der Waals surface area contributed by atoms with Gasteiger partial charge in [-0.15, -0.1) is 0 Å². The minimum absolute atomic E-state index is 0.616. The fourth-order valence-corrected chi connectivity index (χ4v) is 2.75. The van der Waals surface area contributed by atoms with Gasteiger partial charge < -0.3 is 0 Å². The molecule has 1 aromatic heterocycles. The van der Waals surface area contributed by atoms with E-state index in [0.717, 1.165) is 16.5 Å². The quantitative estimate of drug-likeness (QED) is 0.578. The Morgan fingerprint density at radius 3 is 2.50 bits per heavy atom. The number of aryl methyl sites for hydroxylation is 2. The molecular weight excluding hydrogens is 242 g/mol. The Hall–Kier alpha value is -2.15. The van der Waals surface area contributed by atoms with Crippen LogP contribution in [-0.2, 0) is 7.05 Å². The van der Waals surface area contributed by atoms with Crippen LogP contribution in [0.3, 0.4) is 0 Å². The van der Waals surface area contributed by atoms with Crippen LogP contribution in [0.25, 0.3) is 22.0 Å². The highest BCUT2D eigenvalue weighted by Gasteiger charge is 2.19. The Morgan fingerprint density at radius 2 is 1.75 bits per heavy atom. The van der Waals surface area contributed by atoms with Crippen LogP contribution in [0.2, 0.25) is 0 Å². The van der Waals surface area contributed by atoms with Gasteiger partial charge in [0.25, 0.3) is 0 Å². The first-order valence-corrected chi connectivity index (χ1v) is 6.96. The average Bonchev–Trinajstić information content (AvgIpc) is 2.47. The van der Waals surface area contributed by atoms with Crippen molar-refractivity contribution < 1.29 is 5.94 Å². The van der Waals surface area contributed by atoms with Gasteiger partial charge in [0.15, 0.2) is 5.69 Å². The van der Waals surface area contributed by atoms with Crippen LogP contribution in [0.15, 0.2) is 48.5 Å². The van der Waals surface area contributed by atoms with Crippen molar-refractivity contribution in [1.29, 1.82) is 0 Å². The summed E-state index contributed by atoms with van der Waals surface area (Å²) < 4.78 is 10.5. The number of hydrogen-bond donors (Lipinski definition) is 0. The van der Waals surface area contributed by atoms with E-state index in [2.05, 4.69) is 67.9 Å². The first kappa shape index (κ1) is 11.7. The molecule has 20 heavy (non-hydrogen) atoms. The van der Waals surface area contributed by atoms with E-state index in [1.807, 2.05) is 6.92 Å². The van der Waals surface area contributed by atoms with Gasteiger partial charge in [-0.2, -0.15) is 4.57 Å². The van der Waals surface area contributed by atoms with Crippen LogP contribution in [0.1, 0.15) is 18.2 Å². The standard InChI is InChI=1S/C19H20N/c1-13-9-10-16-12-15(3)20(4)19(18(16)11-13)17-8-6-5-7-14(17)2/h5-12H,1-4H3/q+1/i12D. The van der Waals surface area contributed by atoms with Gasteiger partial charge in [-0.05, 0) is 36.9 Å². The Balaban J connectivity index is 2.52. The molecule has 3 rings (SSSR count). The van der Waals surface area contributed by atoms with Crippen LogP contribution in [0, 0.1) is 20.8 Å². The zero-order valence-electron chi connectivity index (χ0n) is 13.5. The molecule has 0 radical (unpaired) electrons. The second kappa shape index (κ2) is 4.75. The van der Waals surface area contributed by atoms with Crippen molar-refractivity contribution in [3.8, 4) is 11.3 Å². The molecule has 0 saturated carbocycles. The molecule has 0 aliphatic carbocycles. The Labute approximate surface area is 121 Å². The predicted molar refractivity (Wildman–Crippen MR) is 84.8 cm³/mol. The van der Waals surface area contributed by atoms with Crippen molar-refractivity contribution in [2.45, 2.75) is 20.8 Å². The van der Waals surface area contributed by atoms with E-state index in [1.165, 1.54) is 22.4 Å². The van der Waals surface area contributed by atoms with E-state index in [1.54, 1.807) is 0 Å². The minimum Gasteiger partial charge on any atom is -0.198 e. The highest BCUT2D eigenvalue weighted by Crippen LogP contribution is 2.29. The Morgan fingerprint density at radius 1 is 1.00 bits per heavy atom. The zero-order valence-corrected chi connectivity index (χ0v) is 12.5. The highest BCUT2D eigenvalue weighted by molar-refractivity contribution is 5.94. The van der Waals surface area contributed by atoms with Gasteiger partial charge in [-0.3, -0.25) is 0 Å². The molecule has 1 heteroatoms. The number of benzene rings is 2. The molecule has 0 fully saturated rings. The molecule has 0 amide bonds. The first-order chi connectivity index (χ1) is 10.0. The fraction of sp³-hybridized carbons (Fsp3) is 0.211. The summed E-state index contributed by atoms with van der Waals surface area (Å²) in [5, 5.41) is 2.18. The Kier molecular flexibility index (Phi) is 2.77. The smallest absolute Gasteiger partial charge is 0.198 e. The number of nitrogens with zero attached hydrogens (tertiary/aromatic N) is 1. The second-order valence-electron chi connectivity index (χ2n) is 5.48. The van der Waals surface area contributed by atoms with E-state index in [4.69, 9.17) is 1.37 Å². The molecule has 1 nitrogen and oxygen atoms in total. The van der Waals surface area contributed by atoms with Gasteiger partial charge in [0.1, 0.15) is 7.05 Å². The molecule has 0 N–H and O–H groups in total. The van der Waals surface area contributed by atoms with E-state index < -0.39 is 0 Å². The van der Waals surface area contributed by atoms with Gasteiger partial charge in [-0.25, -0.2) is 0 Å². The molecule has 3 aromatic rings. The summed E-state index contributed by atoms with van der Waals surface area (Å²) in [7, 11) is 2.05. The topological polar surface area (TPSA) is 3.88 Å². The van der Waals surface area contributed by atoms with Crippen LogP contribution in [-0.4, -0.2) is 0 Å². The van der Waals surface area contributed by atoms with Crippen molar-refractivity contribution in [1.82, 2.24) is 0 Å². The number of pyridine rings is 1. The summed E-state index contributed by atoms with van der Waals surface area (Å²) in [6, 6.07) is 15.4. The van der Waals surface area contributed by atoms with Gasteiger partial charge in [0.05, 0.1) is 6.76 Å². The summed E-state index contributed by atoms with van der Waals surface area (Å²) in [6.07, 6.45) is 0. The third kappa shape index (κ3) is 2.00.